The van der Waals surface area contributed by atoms with E-state index in [4.69, 9.17) is 9.15 Å². The molecule has 178 valence electrons. The second-order valence-corrected chi connectivity index (χ2v) is 8.54. The summed E-state index contributed by atoms with van der Waals surface area (Å²) in [7, 11) is 1.52. The van der Waals surface area contributed by atoms with Crippen molar-refractivity contribution < 1.29 is 28.3 Å². The smallest absolute Gasteiger partial charge is 0.323 e. The minimum Gasteiger partial charge on any atom is -0.497 e. The molecule has 6 amide bonds. The molecule has 3 aliphatic rings. The lowest BCUT2D eigenvalue weighted by atomic mass is 9.95. The normalized spacial score (nSPS) is 21.4. The van der Waals surface area contributed by atoms with Crippen LogP contribution in [0.1, 0.15) is 21.7 Å². The Kier molecular flexibility index (Phi) is 4.46. The highest BCUT2D eigenvalue weighted by Gasteiger charge is 2.53. The van der Waals surface area contributed by atoms with E-state index < -0.39 is 17.5 Å². The minimum atomic E-state index is -1.65. The van der Waals surface area contributed by atoms with Crippen molar-refractivity contribution in [2.75, 3.05) is 31.6 Å². The highest BCUT2D eigenvalue weighted by Crippen LogP contribution is 2.35. The monoisotopic (exact) mass is 476 g/mol. The Hall–Kier alpha value is -4.61. The number of rotatable bonds is 5. The van der Waals surface area contributed by atoms with Crippen molar-refractivity contribution in [3.05, 3.63) is 53.3 Å². The van der Waals surface area contributed by atoms with Crippen LogP contribution in [0.5, 0.6) is 5.75 Å². The standard InChI is InChI=1S/C23H20N6O6/c1-34-13-3-2-12-10-28(19(30)14(12)8-13)11-23(20(31)26-21(32)27-23)17-9-15-16(35-17)4-5-18(25-15)29-7-6-24-22(29)33/h2-5,8-9H,6-7,10-11H2,1H3,(H,24,33)(H2,26,27,31,32). The van der Waals surface area contributed by atoms with Crippen LogP contribution in [0, 0.1) is 0 Å². The second-order valence-electron chi connectivity index (χ2n) is 8.54. The number of amides is 6. The van der Waals surface area contributed by atoms with Gasteiger partial charge in [-0.15, -0.1) is 0 Å². The van der Waals surface area contributed by atoms with Crippen molar-refractivity contribution in [1.29, 1.82) is 0 Å². The number of carbonyl (C=O) groups excluding carboxylic acids is 4. The molecule has 0 bridgehead atoms. The zero-order chi connectivity index (χ0) is 24.3. The van der Waals surface area contributed by atoms with Crippen LogP contribution in [-0.4, -0.2) is 60.5 Å². The maximum Gasteiger partial charge on any atom is 0.323 e. The van der Waals surface area contributed by atoms with Gasteiger partial charge in [0.25, 0.3) is 11.8 Å². The zero-order valence-corrected chi connectivity index (χ0v) is 18.6. The number of pyridine rings is 1. The van der Waals surface area contributed by atoms with Crippen LogP contribution in [0.15, 0.2) is 40.8 Å². The minimum absolute atomic E-state index is 0.132. The molecular weight excluding hydrogens is 456 g/mol. The summed E-state index contributed by atoms with van der Waals surface area (Å²) in [5.41, 5.74) is 0.397. The number of hydrogen-bond acceptors (Lipinski definition) is 7. The Bertz CT molecular complexity index is 1430. The Balaban J connectivity index is 1.37. The zero-order valence-electron chi connectivity index (χ0n) is 18.6. The molecule has 0 saturated carbocycles. The molecule has 0 radical (unpaired) electrons. The molecule has 1 aromatic carbocycles. The highest BCUT2D eigenvalue weighted by molar-refractivity contribution is 6.08. The lowest BCUT2D eigenvalue weighted by Gasteiger charge is -2.28. The van der Waals surface area contributed by atoms with Crippen LogP contribution in [0.3, 0.4) is 0 Å². The van der Waals surface area contributed by atoms with E-state index in [0.717, 1.165) is 5.56 Å². The van der Waals surface area contributed by atoms with Gasteiger partial charge in [0.05, 0.1) is 13.7 Å². The van der Waals surface area contributed by atoms with Crippen molar-refractivity contribution in [3.63, 3.8) is 0 Å². The number of aromatic nitrogens is 1. The fourth-order valence-corrected chi connectivity index (χ4v) is 4.70. The molecule has 1 atom stereocenters. The van der Waals surface area contributed by atoms with E-state index >= 15 is 0 Å². The van der Waals surface area contributed by atoms with Gasteiger partial charge in [0.1, 0.15) is 22.8 Å². The Morgan fingerprint density at radius 2 is 2.00 bits per heavy atom. The number of fused-ring (bicyclic) bond motifs is 2. The molecule has 5 heterocycles. The molecule has 35 heavy (non-hydrogen) atoms. The molecule has 0 spiro atoms. The number of nitrogens with one attached hydrogen (secondary N) is 3. The van der Waals surface area contributed by atoms with Crippen LogP contribution >= 0.6 is 0 Å². The third-order valence-corrected chi connectivity index (χ3v) is 6.48. The lowest BCUT2D eigenvalue weighted by Crippen LogP contribution is -2.52. The molecule has 1 unspecified atom stereocenters. The summed E-state index contributed by atoms with van der Waals surface area (Å²) in [6.45, 7) is 1.10. The van der Waals surface area contributed by atoms with Gasteiger partial charge >= 0.3 is 12.1 Å². The van der Waals surface area contributed by atoms with Gasteiger partial charge in [0, 0.05) is 31.3 Å². The number of anilines is 1. The number of methoxy groups -OCH3 is 1. The summed E-state index contributed by atoms with van der Waals surface area (Å²) in [5, 5.41) is 7.63. The van der Waals surface area contributed by atoms with Gasteiger partial charge in [-0.05, 0) is 29.8 Å². The van der Waals surface area contributed by atoms with Gasteiger partial charge in [-0.25, -0.2) is 14.6 Å². The van der Waals surface area contributed by atoms with Crippen molar-refractivity contribution >= 4 is 40.8 Å². The Morgan fingerprint density at radius 1 is 1.14 bits per heavy atom. The quantitative estimate of drug-likeness (QED) is 0.467. The molecule has 6 rings (SSSR count). The summed E-state index contributed by atoms with van der Waals surface area (Å²) < 4.78 is 11.2. The van der Waals surface area contributed by atoms with Crippen LogP contribution in [0.4, 0.5) is 15.4 Å². The number of nitrogens with zero attached hydrogens (tertiary/aromatic N) is 3. The SMILES string of the molecule is COc1ccc2c(c1)C(=O)N(CC1(c3cc4nc(N5CCNC5=O)ccc4o3)NC(=O)NC1=O)C2. The molecule has 12 heteroatoms. The molecule has 3 aliphatic heterocycles. The molecule has 3 N–H and O–H groups in total. The third-order valence-electron chi connectivity index (χ3n) is 6.48. The average Bonchev–Trinajstić information content (AvgIpc) is 3.60. The van der Waals surface area contributed by atoms with Gasteiger partial charge < -0.3 is 24.7 Å². The Morgan fingerprint density at radius 3 is 2.71 bits per heavy atom. The van der Waals surface area contributed by atoms with Gasteiger partial charge in [0.15, 0.2) is 11.1 Å². The summed E-state index contributed by atoms with van der Waals surface area (Å²) in [5.74, 6) is 0.192. The predicted molar refractivity (Wildman–Crippen MR) is 121 cm³/mol. The first-order chi connectivity index (χ1) is 16.9. The van der Waals surface area contributed by atoms with Gasteiger partial charge in [-0.2, -0.15) is 0 Å². The lowest BCUT2D eigenvalue weighted by molar-refractivity contribution is -0.125. The summed E-state index contributed by atoms with van der Waals surface area (Å²) >= 11 is 0. The molecule has 3 aromatic rings. The fourth-order valence-electron chi connectivity index (χ4n) is 4.70. The molecule has 12 nitrogen and oxygen atoms in total. The largest absolute Gasteiger partial charge is 0.497 e. The van der Waals surface area contributed by atoms with Crippen LogP contribution in [0.25, 0.3) is 11.1 Å². The number of benzene rings is 1. The summed E-state index contributed by atoms with van der Waals surface area (Å²) in [4.78, 5) is 57.9. The van der Waals surface area contributed by atoms with E-state index in [1.54, 1.807) is 36.4 Å². The Labute approximate surface area is 198 Å². The predicted octanol–water partition coefficient (Wildman–Crippen LogP) is 1.06. The molecular formula is C23H20N6O6. The van der Waals surface area contributed by atoms with Gasteiger partial charge in [-0.3, -0.25) is 19.8 Å². The first kappa shape index (κ1) is 21.0. The van der Waals surface area contributed by atoms with E-state index in [-0.39, 0.29) is 30.8 Å². The summed E-state index contributed by atoms with van der Waals surface area (Å²) in [6.07, 6.45) is 0. The van der Waals surface area contributed by atoms with Crippen molar-refractivity contribution in [2.24, 2.45) is 0 Å². The number of ether oxygens (including phenoxy) is 1. The van der Waals surface area contributed by atoms with E-state index in [2.05, 4.69) is 20.9 Å². The maximum absolute atomic E-state index is 13.1. The van der Waals surface area contributed by atoms with Crippen LogP contribution in [0.2, 0.25) is 0 Å². The number of imide groups is 1. The van der Waals surface area contributed by atoms with Crippen molar-refractivity contribution in [3.8, 4) is 5.75 Å². The third kappa shape index (κ3) is 3.17. The van der Waals surface area contributed by atoms with Crippen molar-refractivity contribution in [1.82, 2.24) is 25.8 Å². The van der Waals surface area contributed by atoms with Crippen LogP contribution in [-0.2, 0) is 16.9 Å². The second kappa shape index (κ2) is 7.45. The molecule has 2 fully saturated rings. The maximum atomic E-state index is 13.1. The average molecular weight is 476 g/mol. The van der Waals surface area contributed by atoms with Crippen molar-refractivity contribution in [2.45, 2.75) is 12.1 Å². The topological polar surface area (TPSA) is 146 Å². The highest BCUT2D eigenvalue weighted by atomic mass is 16.5. The first-order valence-corrected chi connectivity index (χ1v) is 10.9. The molecule has 2 saturated heterocycles. The van der Waals surface area contributed by atoms with E-state index in [1.165, 1.54) is 16.9 Å². The first-order valence-electron chi connectivity index (χ1n) is 10.9. The fraction of sp³-hybridized carbons (Fsp3) is 0.261. The van der Waals surface area contributed by atoms with E-state index in [0.29, 0.717) is 41.3 Å². The van der Waals surface area contributed by atoms with Crippen LogP contribution < -0.4 is 25.6 Å². The number of furan rings is 1. The van der Waals surface area contributed by atoms with Gasteiger partial charge in [0.2, 0.25) is 0 Å². The van der Waals surface area contributed by atoms with E-state index in [9.17, 15) is 19.2 Å². The number of urea groups is 2. The number of carbonyl (C=O) groups is 4. The summed E-state index contributed by atoms with van der Waals surface area (Å²) in [6, 6.07) is 9.12. The molecule has 2 aromatic heterocycles. The van der Waals surface area contributed by atoms with E-state index in [1.807, 2.05) is 0 Å². The van der Waals surface area contributed by atoms with Gasteiger partial charge in [-0.1, -0.05) is 6.07 Å². The molecule has 0 aliphatic carbocycles. The number of hydrogen-bond donors (Lipinski definition) is 3.